The second-order valence-electron chi connectivity index (χ2n) is 3.44. The molecular formula is C11H8BrNO3. The molecule has 1 heterocycles. The monoisotopic (exact) mass is 281 g/mol. The molecule has 1 aromatic heterocycles. The third kappa shape index (κ3) is 1.44. The molecule has 2 aromatic rings. The van der Waals surface area contributed by atoms with E-state index in [4.69, 9.17) is 5.11 Å². The molecular weight excluding hydrogens is 274 g/mol. The maximum Gasteiger partial charge on any atom is 0.416 e. The van der Waals surface area contributed by atoms with Crippen LogP contribution < -0.4 is 0 Å². The Kier molecular flexibility index (Phi) is 2.55. The van der Waals surface area contributed by atoms with E-state index >= 15 is 0 Å². The molecule has 0 aliphatic carbocycles. The topological polar surface area (TPSA) is 59.3 Å². The lowest BCUT2D eigenvalue weighted by atomic mass is 10.1. The van der Waals surface area contributed by atoms with Gasteiger partial charge in [0.2, 0.25) is 0 Å². The maximum atomic E-state index is 11.0. The lowest BCUT2D eigenvalue weighted by Crippen LogP contribution is -2.06. The van der Waals surface area contributed by atoms with E-state index in [1.165, 1.54) is 6.20 Å². The van der Waals surface area contributed by atoms with E-state index in [-0.39, 0.29) is 0 Å². The zero-order valence-electron chi connectivity index (χ0n) is 8.40. The molecule has 5 heteroatoms. The number of benzene rings is 1. The van der Waals surface area contributed by atoms with Crippen LogP contribution in [0.4, 0.5) is 4.79 Å². The maximum absolute atomic E-state index is 11.0. The summed E-state index contributed by atoms with van der Waals surface area (Å²) in [4.78, 5) is 21.9. The van der Waals surface area contributed by atoms with Crippen molar-refractivity contribution in [2.24, 2.45) is 0 Å². The lowest BCUT2D eigenvalue weighted by Gasteiger charge is -2.05. The number of carbonyl (C=O) groups excluding carboxylic acids is 1. The summed E-state index contributed by atoms with van der Waals surface area (Å²) < 4.78 is 1.79. The van der Waals surface area contributed by atoms with E-state index in [2.05, 4.69) is 15.9 Å². The van der Waals surface area contributed by atoms with Crippen molar-refractivity contribution in [1.82, 2.24) is 4.57 Å². The summed E-state index contributed by atoms with van der Waals surface area (Å²) in [5.74, 6) is 0. The van der Waals surface area contributed by atoms with E-state index in [0.29, 0.717) is 20.9 Å². The number of nitrogens with zero attached hydrogens (tertiary/aromatic N) is 1. The fourth-order valence-electron chi connectivity index (χ4n) is 1.80. The van der Waals surface area contributed by atoms with Gasteiger partial charge in [-0.1, -0.05) is 15.9 Å². The fraction of sp³-hybridized carbons (Fsp3) is 0.0909. The molecule has 0 fully saturated rings. The highest BCUT2D eigenvalue weighted by molar-refractivity contribution is 9.10. The molecule has 2 rings (SSSR count). The Morgan fingerprint density at radius 2 is 2.25 bits per heavy atom. The van der Waals surface area contributed by atoms with Crippen molar-refractivity contribution >= 4 is 39.2 Å². The Labute approximate surface area is 99.6 Å². The number of aldehydes is 1. The van der Waals surface area contributed by atoms with Crippen molar-refractivity contribution in [3.8, 4) is 0 Å². The highest BCUT2D eigenvalue weighted by atomic mass is 79.9. The van der Waals surface area contributed by atoms with E-state index in [1.807, 2.05) is 0 Å². The van der Waals surface area contributed by atoms with Crippen molar-refractivity contribution < 1.29 is 14.7 Å². The molecule has 0 saturated heterocycles. The summed E-state index contributed by atoms with van der Waals surface area (Å²) in [6.07, 6.45) is 1.11. The summed E-state index contributed by atoms with van der Waals surface area (Å²) >= 11 is 3.29. The minimum Gasteiger partial charge on any atom is -0.464 e. The summed E-state index contributed by atoms with van der Waals surface area (Å²) in [7, 11) is 0. The first-order valence-electron chi connectivity index (χ1n) is 4.55. The van der Waals surface area contributed by atoms with Crippen LogP contribution in [0, 0.1) is 6.92 Å². The van der Waals surface area contributed by atoms with Gasteiger partial charge in [0.1, 0.15) is 0 Å². The molecule has 0 amide bonds. The van der Waals surface area contributed by atoms with Crippen LogP contribution in [0.15, 0.2) is 22.8 Å². The van der Waals surface area contributed by atoms with Crippen molar-refractivity contribution in [3.05, 3.63) is 33.9 Å². The van der Waals surface area contributed by atoms with Gasteiger partial charge in [0.15, 0.2) is 6.29 Å². The first-order valence-corrected chi connectivity index (χ1v) is 5.34. The van der Waals surface area contributed by atoms with Crippen molar-refractivity contribution in [1.29, 1.82) is 0 Å². The van der Waals surface area contributed by atoms with Crippen LogP contribution in [0.1, 0.15) is 15.9 Å². The molecule has 16 heavy (non-hydrogen) atoms. The van der Waals surface area contributed by atoms with Crippen LogP contribution in [-0.4, -0.2) is 22.1 Å². The highest BCUT2D eigenvalue weighted by Gasteiger charge is 2.14. The SMILES string of the molecule is Cc1cc(Br)c(C=O)c2ccn(C(=O)O)c12. The molecule has 0 unspecified atom stereocenters. The number of hydrogen-bond acceptors (Lipinski definition) is 2. The van der Waals surface area contributed by atoms with Crippen LogP contribution in [0.3, 0.4) is 0 Å². The van der Waals surface area contributed by atoms with Gasteiger partial charge in [-0.15, -0.1) is 0 Å². The Morgan fingerprint density at radius 3 is 2.81 bits per heavy atom. The Balaban J connectivity index is 2.95. The molecule has 82 valence electrons. The van der Waals surface area contributed by atoms with Crippen LogP contribution >= 0.6 is 15.9 Å². The molecule has 0 aliphatic heterocycles. The van der Waals surface area contributed by atoms with Gasteiger partial charge in [0, 0.05) is 21.6 Å². The zero-order chi connectivity index (χ0) is 11.9. The van der Waals surface area contributed by atoms with Gasteiger partial charge in [-0.25, -0.2) is 4.79 Å². The minimum absolute atomic E-state index is 0.473. The second-order valence-corrected chi connectivity index (χ2v) is 4.29. The standard InChI is InChI=1S/C11H8BrNO3/c1-6-4-9(12)8(5-14)7-2-3-13(10(6)7)11(15)16/h2-5H,1H3,(H,15,16). The van der Waals surface area contributed by atoms with Crippen LogP contribution in [0.25, 0.3) is 10.9 Å². The normalized spacial score (nSPS) is 10.6. The fourth-order valence-corrected chi connectivity index (χ4v) is 2.45. The molecule has 1 N–H and O–H groups in total. The molecule has 1 aromatic carbocycles. The molecule has 0 radical (unpaired) electrons. The van der Waals surface area contributed by atoms with Crippen molar-refractivity contribution in [2.75, 3.05) is 0 Å². The molecule has 0 aliphatic rings. The number of hydrogen-bond donors (Lipinski definition) is 1. The largest absolute Gasteiger partial charge is 0.464 e. The van der Waals surface area contributed by atoms with E-state index in [9.17, 15) is 9.59 Å². The van der Waals surface area contributed by atoms with Crippen LogP contribution in [-0.2, 0) is 0 Å². The molecule has 0 saturated carbocycles. The lowest BCUT2D eigenvalue weighted by molar-refractivity contribution is 0.112. The number of halogens is 1. The molecule has 0 bridgehead atoms. The Bertz CT molecular complexity index is 601. The van der Waals surface area contributed by atoms with Gasteiger partial charge >= 0.3 is 6.09 Å². The van der Waals surface area contributed by atoms with Crippen LogP contribution in [0.2, 0.25) is 0 Å². The number of aryl methyl sites for hydroxylation is 1. The molecule has 4 nitrogen and oxygen atoms in total. The number of aromatic nitrogens is 1. The van der Waals surface area contributed by atoms with Gasteiger partial charge in [-0.3, -0.25) is 9.36 Å². The molecule has 0 spiro atoms. The Hall–Kier alpha value is -1.62. The van der Waals surface area contributed by atoms with Gasteiger partial charge < -0.3 is 5.11 Å². The summed E-state index contributed by atoms with van der Waals surface area (Å²) in [6.45, 7) is 1.81. The van der Waals surface area contributed by atoms with E-state index in [1.54, 1.807) is 19.1 Å². The minimum atomic E-state index is -1.06. The number of fused-ring (bicyclic) bond motifs is 1. The van der Waals surface area contributed by atoms with Gasteiger partial charge in [0.05, 0.1) is 5.52 Å². The smallest absolute Gasteiger partial charge is 0.416 e. The summed E-state index contributed by atoms with van der Waals surface area (Å²) in [6, 6.07) is 3.37. The van der Waals surface area contributed by atoms with Gasteiger partial charge in [-0.2, -0.15) is 0 Å². The van der Waals surface area contributed by atoms with E-state index in [0.717, 1.165) is 16.4 Å². The second kappa shape index (κ2) is 3.75. The van der Waals surface area contributed by atoms with Gasteiger partial charge in [-0.05, 0) is 24.6 Å². The zero-order valence-corrected chi connectivity index (χ0v) is 9.98. The summed E-state index contributed by atoms with van der Waals surface area (Å²) in [5, 5.41) is 9.63. The molecule has 0 atom stereocenters. The predicted molar refractivity (Wildman–Crippen MR) is 63.2 cm³/mol. The number of rotatable bonds is 1. The van der Waals surface area contributed by atoms with E-state index < -0.39 is 6.09 Å². The quantitative estimate of drug-likeness (QED) is 0.818. The van der Waals surface area contributed by atoms with Crippen LogP contribution in [0.5, 0.6) is 0 Å². The highest BCUT2D eigenvalue weighted by Crippen LogP contribution is 2.29. The average molecular weight is 282 g/mol. The first kappa shape index (κ1) is 10.9. The summed E-state index contributed by atoms with van der Waals surface area (Å²) in [5.41, 5.74) is 1.83. The van der Waals surface area contributed by atoms with Gasteiger partial charge in [0.25, 0.3) is 0 Å². The first-order chi connectivity index (χ1) is 7.56. The van der Waals surface area contributed by atoms with Crippen molar-refractivity contribution in [3.63, 3.8) is 0 Å². The third-order valence-electron chi connectivity index (χ3n) is 2.47. The van der Waals surface area contributed by atoms with Crippen molar-refractivity contribution in [2.45, 2.75) is 6.92 Å². The number of carboxylic acid groups (broad SMARTS) is 1. The average Bonchev–Trinajstić information content (AvgIpc) is 2.62. The predicted octanol–water partition coefficient (Wildman–Crippen LogP) is 3.05. The number of carbonyl (C=O) groups is 2. The Morgan fingerprint density at radius 1 is 1.56 bits per heavy atom. The third-order valence-corrected chi connectivity index (χ3v) is 3.13.